The van der Waals surface area contributed by atoms with Gasteiger partial charge in [-0.1, -0.05) is 15.9 Å². The fraction of sp³-hybridized carbons (Fsp3) is 0.462. The number of anilines is 1. The van der Waals surface area contributed by atoms with Crippen molar-refractivity contribution in [2.75, 3.05) is 25.0 Å². The molecule has 1 fully saturated rings. The van der Waals surface area contributed by atoms with Gasteiger partial charge in [-0.05, 0) is 25.0 Å². The van der Waals surface area contributed by atoms with E-state index in [9.17, 15) is 14.9 Å². The molecule has 0 aliphatic carbocycles. The SMILES string of the molecule is NC(=O)CN1CCC(Nc2cc(Br)ccc2[N+](=O)[O-])CC1. The number of carbonyl (C=O) groups excluding carboxylic acids is 1. The number of hydrogen-bond acceptors (Lipinski definition) is 5. The third-order valence-electron chi connectivity index (χ3n) is 3.48. The van der Waals surface area contributed by atoms with Crippen LogP contribution in [0.1, 0.15) is 12.8 Å². The molecule has 0 saturated carbocycles. The van der Waals surface area contributed by atoms with E-state index in [1.165, 1.54) is 6.07 Å². The van der Waals surface area contributed by atoms with Crippen molar-refractivity contribution in [2.24, 2.45) is 5.73 Å². The van der Waals surface area contributed by atoms with Gasteiger partial charge in [0.2, 0.25) is 5.91 Å². The highest BCUT2D eigenvalue weighted by Crippen LogP contribution is 2.29. The zero-order valence-electron chi connectivity index (χ0n) is 11.4. The monoisotopic (exact) mass is 356 g/mol. The maximum absolute atomic E-state index is 11.0. The molecule has 0 spiro atoms. The lowest BCUT2D eigenvalue weighted by Gasteiger charge is -2.31. The molecule has 3 N–H and O–H groups in total. The zero-order chi connectivity index (χ0) is 15.4. The molecule has 0 atom stereocenters. The molecule has 0 aromatic heterocycles. The number of amides is 1. The number of likely N-dealkylation sites (tertiary alicyclic amines) is 1. The van der Waals surface area contributed by atoms with Crippen molar-refractivity contribution < 1.29 is 9.72 Å². The van der Waals surface area contributed by atoms with E-state index in [1.807, 2.05) is 4.90 Å². The Kier molecular flexibility index (Phi) is 5.13. The Labute approximate surface area is 130 Å². The third-order valence-corrected chi connectivity index (χ3v) is 3.98. The summed E-state index contributed by atoms with van der Waals surface area (Å²) in [5, 5.41) is 14.3. The molecule has 1 aliphatic rings. The summed E-state index contributed by atoms with van der Waals surface area (Å²) >= 11 is 3.32. The number of rotatable bonds is 5. The molecule has 114 valence electrons. The van der Waals surface area contributed by atoms with Crippen LogP contribution in [0, 0.1) is 10.1 Å². The Morgan fingerprint density at radius 3 is 2.71 bits per heavy atom. The van der Waals surface area contributed by atoms with Gasteiger partial charge in [-0.3, -0.25) is 19.8 Å². The van der Waals surface area contributed by atoms with Gasteiger partial charge < -0.3 is 11.1 Å². The second kappa shape index (κ2) is 6.86. The minimum atomic E-state index is -0.392. The predicted octanol–water partition coefficient (Wildman–Crippen LogP) is 1.72. The molecule has 2 rings (SSSR count). The fourth-order valence-electron chi connectivity index (χ4n) is 2.46. The zero-order valence-corrected chi connectivity index (χ0v) is 13.0. The molecule has 8 heteroatoms. The van der Waals surface area contributed by atoms with E-state index in [4.69, 9.17) is 5.73 Å². The maximum atomic E-state index is 11.0. The minimum absolute atomic E-state index is 0.0674. The van der Waals surface area contributed by atoms with Gasteiger partial charge in [0, 0.05) is 29.7 Å². The Hall–Kier alpha value is -1.67. The Morgan fingerprint density at radius 1 is 1.48 bits per heavy atom. The van der Waals surface area contributed by atoms with E-state index in [-0.39, 0.29) is 24.2 Å². The van der Waals surface area contributed by atoms with Crippen LogP contribution in [0.15, 0.2) is 22.7 Å². The number of nitrogens with one attached hydrogen (secondary N) is 1. The number of nitrogens with zero attached hydrogens (tertiary/aromatic N) is 2. The molecular formula is C13H17BrN4O3. The van der Waals surface area contributed by atoms with Crippen molar-refractivity contribution in [2.45, 2.75) is 18.9 Å². The van der Waals surface area contributed by atoms with Gasteiger partial charge in [-0.2, -0.15) is 0 Å². The van der Waals surface area contributed by atoms with E-state index in [0.717, 1.165) is 30.4 Å². The number of nitro groups is 1. The normalized spacial score (nSPS) is 16.6. The summed E-state index contributed by atoms with van der Waals surface area (Å²) in [6, 6.07) is 5.00. The molecule has 0 unspecified atom stereocenters. The van der Waals surface area contributed by atoms with Crippen molar-refractivity contribution in [3.63, 3.8) is 0 Å². The van der Waals surface area contributed by atoms with E-state index in [1.54, 1.807) is 12.1 Å². The number of piperidine rings is 1. The smallest absolute Gasteiger partial charge is 0.292 e. The Balaban J connectivity index is 1.99. The summed E-state index contributed by atoms with van der Waals surface area (Å²) < 4.78 is 0.793. The van der Waals surface area contributed by atoms with Crippen LogP contribution in [0.25, 0.3) is 0 Å². The number of nitro benzene ring substituents is 1. The summed E-state index contributed by atoms with van der Waals surface area (Å²) in [7, 11) is 0. The van der Waals surface area contributed by atoms with Crippen molar-refractivity contribution in [3.8, 4) is 0 Å². The highest BCUT2D eigenvalue weighted by Gasteiger charge is 2.22. The van der Waals surface area contributed by atoms with Gasteiger partial charge in [0.1, 0.15) is 5.69 Å². The van der Waals surface area contributed by atoms with Gasteiger partial charge in [0.25, 0.3) is 5.69 Å². The predicted molar refractivity (Wildman–Crippen MR) is 83.1 cm³/mol. The molecule has 1 amide bonds. The van der Waals surface area contributed by atoms with E-state index in [2.05, 4.69) is 21.2 Å². The van der Waals surface area contributed by atoms with Crippen LogP contribution in [0.4, 0.5) is 11.4 Å². The van der Waals surface area contributed by atoms with Crippen LogP contribution in [0.3, 0.4) is 0 Å². The van der Waals surface area contributed by atoms with Crippen LogP contribution in [0.5, 0.6) is 0 Å². The number of carbonyl (C=O) groups is 1. The van der Waals surface area contributed by atoms with E-state index < -0.39 is 4.92 Å². The molecule has 1 aromatic carbocycles. The highest BCUT2D eigenvalue weighted by atomic mass is 79.9. The molecule has 1 saturated heterocycles. The Bertz CT molecular complexity index is 544. The number of benzene rings is 1. The van der Waals surface area contributed by atoms with Gasteiger partial charge in [0.05, 0.1) is 11.5 Å². The summed E-state index contributed by atoms with van der Waals surface area (Å²) in [5.41, 5.74) is 5.76. The summed E-state index contributed by atoms with van der Waals surface area (Å²) in [5.74, 6) is -0.330. The van der Waals surface area contributed by atoms with Gasteiger partial charge in [-0.25, -0.2) is 0 Å². The average Bonchev–Trinajstić information content (AvgIpc) is 2.40. The number of halogens is 1. The fourth-order valence-corrected chi connectivity index (χ4v) is 2.82. The van der Waals surface area contributed by atoms with Crippen molar-refractivity contribution in [1.82, 2.24) is 4.90 Å². The lowest BCUT2D eigenvalue weighted by atomic mass is 10.0. The molecular weight excluding hydrogens is 340 g/mol. The molecule has 1 aliphatic heterocycles. The molecule has 1 heterocycles. The van der Waals surface area contributed by atoms with Crippen molar-refractivity contribution >= 4 is 33.2 Å². The first kappa shape index (κ1) is 15.7. The Morgan fingerprint density at radius 2 is 2.14 bits per heavy atom. The number of hydrogen-bond donors (Lipinski definition) is 2. The van der Waals surface area contributed by atoms with Crippen molar-refractivity contribution in [3.05, 3.63) is 32.8 Å². The quantitative estimate of drug-likeness (QED) is 0.617. The molecule has 0 radical (unpaired) electrons. The third kappa shape index (κ3) is 4.40. The number of primary amides is 1. The lowest BCUT2D eigenvalue weighted by molar-refractivity contribution is -0.384. The summed E-state index contributed by atoms with van der Waals surface area (Å²) in [4.78, 5) is 23.5. The number of nitrogens with two attached hydrogens (primary N) is 1. The second-order valence-electron chi connectivity index (χ2n) is 5.08. The van der Waals surface area contributed by atoms with Crippen LogP contribution in [-0.4, -0.2) is 41.4 Å². The highest BCUT2D eigenvalue weighted by molar-refractivity contribution is 9.10. The lowest BCUT2D eigenvalue weighted by Crippen LogP contribution is -2.43. The standard InChI is InChI=1S/C13H17BrN4O3/c14-9-1-2-12(18(20)21)11(7-9)16-10-3-5-17(6-4-10)8-13(15)19/h1-2,7,10,16H,3-6,8H2,(H2,15,19). The largest absolute Gasteiger partial charge is 0.377 e. The minimum Gasteiger partial charge on any atom is -0.377 e. The molecule has 7 nitrogen and oxygen atoms in total. The van der Waals surface area contributed by atoms with Crippen molar-refractivity contribution in [1.29, 1.82) is 0 Å². The van der Waals surface area contributed by atoms with Crippen LogP contribution in [0.2, 0.25) is 0 Å². The van der Waals surface area contributed by atoms with Crippen LogP contribution >= 0.6 is 15.9 Å². The van der Waals surface area contributed by atoms with Crippen LogP contribution < -0.4 is 11.1 Å². The van der Waals surface area contributed by atoms with Crippen LogP contribution in [-0.2, 0) is 4.79 Å². The summed E-state index contributed by atoms with van der Waals surface area (Å²) in [6.07, 6.45) is 1.63. The first-order valence-electron chi connectivity index (χ1n) is 6.67. The summed E-state index contributed by atoms with van der Waals surface area (Å²) in [6.45, 7) is 1.77. The van der Waals surface area contributed by atoms with Gasteiger partial charge in [0.15, 0.2) is 0 Å². The maximum Gasteiger partial charge on any atom is 0.292 e. The van der Waals surface area contributed by atoms with E-state index in [0.29, 0.717) is 5.69 Å². The second-order valence-corrected chi connectivity index (χ2v) is 6.00. The molecule has 21 heavy (non-hydrogen) atoms. The topological polar surface area (TPSA) is 102 Å². The first-order chi connectivity index (χ1) is 9.95. The molecule has 0 bridgehead atoms. The average molecular weight is 357 g/mol. The molecule has 1 aromatic rings. The van der Waals surface area contributed by atoms with Gasteiger partial charge >= 0.3 is 0 Å². The van der Waals surface area contributed by atoms with E-state index >= 15 is 0 Å². The van der Waals surface area contributed by atoms with Gasteiger partial charge in [-0.15, -0.1) is 0 Å². The first-order valence-corrected chi connectivity index (χ1v) is 7.46.